The number of nitrogens with one attached hydrogen (secondary N) is 1. The van der Waals surface area contributed by atoms with Gasteiger partial charge in [0.2, 0.25) is 15.9 Å². The molecule has 1 aliphatic heterocycles. The Morgan fingerprint density at radius 2 is 1.80 bits per heavy atom. The molecule has 4 aliphatic rings. The molecule has 0 spiro atoms. The predicted molar refractivity (Wildman–Crippen MR) is 195 cm³/mol. The van der Waals surface area contributed by atoms with E-state index in [2.05, 4.69) is 72.6 Å². The number of carbonyl (C=O) groups is 1. The van der Waals surface area contributed by atoms with Crippen LogP contribution in [0.1, 0.15) is 83.9 Å². The van der Waals surface area contributed by atoms with Crippen molar-refractivity contribution in [2.45, 2.75) is 105 Å². The van der Waals surface area contributed by atoms with E-state index in [1.54, 1.807) is 0 Å². The fourth-order valence-electron chi connectivity index (χ4n) is 8.71. The van der Waals surface area contributed by atoms with Gasteiger partial charge in [0.25, 0.3) is 0 Å². The molecular formula is C38H55BrF2N4O3S. The molecule has 6 atom stereocenters. The molecule has 3 saturated carbocycles. The number of amides is 1. The van der Waals surface area contributed by atoms with E-state index >= 15 is 8.78 Å². The fourth-order valence-corrected chi connectivity index (χ4v) is 10.8. The zero-order chi connectivity index (χ0) is 36.1. The summed E-state index contributed by atoms with van der Waals surface area (Å²) in [5.74, 6) is 0.0477. The van der Waals surface area contributed by atoms with Crippen LogP contribution in [0, 0.1) is 40.2 Å². The van der Waals surface area contributed by atoms with Gasteiger partial charge in [0.1, 0.15) is 17.7 Å². The molecular weight excluding hydrogens is 710 g/mol. The summed E-state index contributed by atoms with van der Waals surface area (Å²) in [5.41, 5.74) is 1.94. The van der Waals surface area contributed by atoms with Crippen molar-refractivity contribution in [3.8, 4) is 0 Å². The van der Waals surface area contributed by atoms with Crippen molar-refractivity contribution in [1.82, 2.24) is 19.4 Å². The van der Waals surface area contributed by atoms with Crippen molar-refractivity contribution in [1.29, 1.82) is 0 Å². The van der Waals surface area contributed by atoms with E-state index < -0.39 is 27.7 Å². The first-order valence-electron chi connectivity index (χ1n) is 17.7. The molecule has 0 radical (unpaired) electrons. The number of sulfonamides is 1. The molecule has 1 N–H and O–H groups in total. The molecule has 2 aromatic rings. The molecule has 272 valence electrons. The minimum absolute atomic E-state index is 0.00774. The van der Waals surface area contributed by atoms with Gasteiger partial charge in [-0.2, -0.15) is 4.31 Å². The Hall–Kier alpha value is -1.92. The molecule has 49 heavy (non-hydrogen) atoms. The van der Waals surface area contributed by atoms with E-state index in [9.17, 15) is 13.2 Å². The smallest absolute Gasteiger partial charge is 0.238 e. The van der Waals surface area contributed by atoms with Crippen LogP contribution in [0.4, 0.5) is 8.78 Å². The second kappa shape index (κ2) is 14.6. The minimum Gasteiger partial charge on any atom is -0.352 e. The van der Waals surface area contributed by atoms with Crippen LogP contribution < -0.4 is 5.32 Å². The Morgan fingerprint density at radius 1 is 1.10 bits per heavy atom. The van der Waals surface area contributed by atoms with Crippen LogP contribution in [0.5, 0.6) is 0 Å². The topological polar surface area (TPSA) is 73.0 Å². The van der Waals surface area contributed by atoms with Crippen LogP contribution in [0.15, 0.2) is 40.9 Å². The first-order chi connectivity index (χ1) is 22.8. The molecule has 1 amide bonds. The zero-order valence-corrected chi connectivity index (χ0v) is 32.8. The lowest BCUT2D eigenvalue weighted by Gasteiger charge is -2.62. The lowest BCUT2D eigenvalue weighted by Crippen LogP contribution is -2.61. The van der Waals surface area contributed by atoms with Crippen LogP contribution in [0.2, 0.25) is 0 Å². The number of halogens is 3. The van der Waals surface area contributed by atoms with Crippen molar-refractivity contribution >= 4 is 31.9 Å². The van der Waals surface area contributed by atoms with Crippen molar-refractivity contribution < 1.29 is 22.0 Å². The summed E-state index contributed by atoms with van der Waals surface area (Å²) in [6.07, 6.45) is 3.21. The number of rotatable bonds is 12. The summed E-state index contributed by atoms with van der Waals surface area (Å²) >= 11 is 3.23. The standard InChI is InChI=1S/C38H55BrF2N4O3S/c1-24-30-17-27(38(30,5)6)18-33(24)42-36(46)34-14-15-49(47,48)45(34)21-26-11-9-10-25(16-26)20-44(28(22-43(7)8)19-37(2,3)4)23-29-32(40)13-12-31(39)35(29)41/h9-13,16,24,27-28,30,33-34H,14-15,17-23H2,1-8H3,(H,42,46)/t24-,27+,28-,30-,33-,34?/m0/s1. The second-order valence-electron chi connectivity index (χ2n) is 17.0. The highest BCUT2D eigenvalue weighted by Gasteiger charge is 2.56. The number of nitrogens with zero attached hydrogens (tertiary/aromatic N) is 3. The van der Waals surface area contributed by atoms with E-state index in [0.29, 0.717) is 36.3 Å². The average molecular weight is 766 g/mol. The van der Waals surface area contributed by atoms with Gasteiger partial charge in [0.15, 0.2) is 0 Å². The Bertz CT molecular complexity index is 1630. The third-order valence-electron chi connectivity index (χ3n) is 11.5. The molecule has 11 heteroatoms. The molecule has 1 heterocycles. The molecule has 2 bridgehead atoms. The Labute approximate surface area is 301 Å². The lowest BCUT2D eigenvalue weighted by molar-refractivity contribution is -0.136. The predicted octanol–water partition coefficient (Wildman–Crippen LogP) is 7.19. The maximum Gasteiger partial charge on any atom is 0.238 e. The van der Waals surface area contributed by atoms with Gasteiger partial charge in [-0.25, -0.2) is 17.2 Å². The van der Waals surface area contributed by atoms with Gasteiger partial charge < -0.3 is 10.2 Å². The minimum atomic E-state index is -3.62. The molecule has 4 fully saturated rings. The quantitative estimate of drug-likeness (QED) is 0.232. The zero-order valence-electron chi connectivity index (χ0n) is 30.4. The molecule has 1 saturated heterocycles. The maximum absolute atomic E-state index is 15.3. The van der Waals surface area contributed by atoms with E-state index in [4.69, 9.17) is 0 Å². The maximum atomic E-state index is 15.3. The number of hydrogen-bond acceptors (Lipinski definition) is 5. The average Bonchev–Trinajstić information content (AvgIpc) is 3.29. The van der Waals surface area contributed by atoms with Gasteiger partial charge >= 0.3 is 0 Å². The molecule has 1 unspecified atom stereocenters. The molecule has 0 aromatic heterocycles. The van der Waals surface area contributed by atoms with Gasteiger partial charge in [-0.1, -0.05) is 65.8 Å². The summed E-state index contributed by atoms with van der Waals surface area (Å²) < 4.78 is 58.6. The van der Waals surface area contributed by atoms with Crippen LogP contribution in [-0.4, -0.2) is 72.9 Å². The number of benzene rings is 2. The van der Waals surface area contributed by atoms with Gasteiger partial charge in [0.05, 0.1) is 10.2 Å². The number of hydrogen-bond donors (Lipinski definition) is 1. The highest BCUT2D eigenvalue weighted by Crippen LogP contribution is 2.61. The number of fused-ring (bicyclic) bond motifs is 2. The monoisotopic (exact) mass is 764 g/mol. The van der Waals surface area contributed by atoms with Crippen LogP contribution in [-0.2, 0) is 34.5 Å². The van der Waals surface area contributed by atoms with Crippen molar-refractivity contribution in [2.24, 2.45) is 28.6 Å². The molecule has 6 rings (SSSR count). The van der Waals surface area contributed by atoms with Gasteiger partial charge in [-0.3, -0.25) is 9.69 Å². The summed E-state index contributed by atoms with van der Waals surface area (Å²) in [7, 11) is 0.369. The Morgan fingerprint density at radius 3 is 2.43 bits per heavy atom. The van der Waals surface area contributed by atoms with E-state index in [-0.39, 0.29) is 58.7 Å². The highest BCUT2D eigenvalue weighted by atomic mass is 79.9. The van der Waals surface area contributed by atoms with Crippen LogP contribution in [0.25, 0.3) is 0 Å². The SMILES string of the molecule is C[C@@H]1[C@@H](NC(=O)C2CCS(=O)(=O)N2Cc2cccc(CN(Cc3c(F)ccc(Br)c3F)[C@H](CN(C)C)CC(C)(C)C)c2)C[C@H]2C[C@@H]1C2(C)C. The third kappa shape index (κ3) is 8.59. The summed E-state index contributed by atoms with van der Waals surface area (Å²) in [6, 6.07) is 9.66. The summed E-state index contributed by atoms with van der Waals surface area (Å²) in [5, 5.41) is 3.26. The van der Waals surface area contributed by atoms with Gasteiger partial charge in [-0.05, 0) is 108 Å². The van der Waals surface area contributed by atoms with Gasteiger partial charge in [0, 0.05) is 43.8 Å². The normalized spacial score (nSPS) is 26.9. The summed E-state index contributed by atoms with van der Waals surface area (Å²) in [6.45, 7) is 14.6. The molecule has 2 aromatic carbocycles. The number of likely N-dealkylation sites (N-methyl/N-ethyl adjacent to an activating group) is 1. The third-order valence-corrected chi connectivity index (χ3v) is 14.0. The van der Waals surface area contributed by atoms with Crippen LogP contribution in [0.3, 0.4) is 0 Å². The van der Waals surface area contributed by atoms with Crippen molar-refractivity contribution in [3.63, 3.8) is 0 Å². The Kier molecular flexibility index (Phi) is 11.4. The van der Waals surface area contributed by atoms with E-state index in [1.807, 2.05) is 38.4 Å². The highest BCUT2D eigenvalue weighted by molar-refractivity contribution is 9.10. The van der Waals surface area contributed by atoms with Crippen molar-refractivity contribution in [2.75, 3.05) is 26.4 Å². The Balaban J connectivity index is 1.37. The molecule has 3 aliphatic carbocycles. The molecule has 7 nitrogen and oxygen atoms in total. The summed E-state index contributed by atoms with van der Waals surface area (Å²) in [4.78, 5) is 17.9. The van der Waals surface area contributed by atoms with Crippen LogP contribution >= 0.6 is 15.9 Å². The second-order valence-corrected chi connectivity index (χ2v) is 19.9. The van der Waals surface area contributed by atoms with E-state index in [1.165, 1.54) is 22.9 Å². The first-order valence-corrected chi connectivity index (χ1v) is 20.1. The number of carbonyl (C=O) groups excluding carboxylic acids is 1. The lowest BCUT2D eigenvalue weighted by atomic mass is 9.45. The fraction of sp³-hybridized carbons (Fsp3) is 0.658. The van der Waals surface area contributed by atoms with E-state index in [0.717, 1.165) is 24.0 Å². The first kappa shape index (κ1) is 38.3. The largest absolute Gasteiger partial charge is 0.352 e. The van der Waals surface area contributed by atoms with Crippen molar-refractivity contribution in [3.05, 3.63) is 69.2 Å². The van der Waals surface area contributed by atoms with Gasteiger partial charge in [-0.15, -0.1) is 0 Å².